The normalized spacial score (nSPS) is 10.8. The molecule has 0 atom stereocenters. The van der Waals surface area contributed by atoms with Crippen molar-refractivity contribution in [2.24, 2.45) is 0 Å². The predicted octanol–water partition coefficient (Wildman–Crippen LogP) is 1.87. The fraction of sp³-hybridized carbons (Fsp3) is 0.312. The molecule has 0 unspecified atom stereocenters. The summed E-state index contributed by atoms with van der Waals surface area (Å²) in [7, 11) is 1.70. The Morgan fingerprint density at radius 1 is 1.33 bits per heavy atom. The van der Waals surface area contributed by atoms with Crippen molar-refractivity contribution < 1.29 is 9.32 Å². The summed E-state index contributed by atoms with van der Waals surface area (Å²) in [4.78, 5) is 22.5. The number of para-hydroxylation sites is 1. The minimum absolute atomic E-state index is 0.156. The summed E-state index contributed by atoms with van der Waals surface area (Å²) in [5, 5.41) is 7.99. The molecule has 0 aliphatic carbocycles. The van der Waals surface area contributed by atoms with Crippen LogP contribution in [0.2, 0.25) is 0 Å². The van der Waals surface area contributed by atoms with Crippen molar-refractivity contribution in [3.63, 3.8) is 0 Å². The summed E-state index contributed by atoms with van der Waals surface area (Å²) in [6.07, 6.45) is 4.69. The number of amides is 1. The molecule has 3 rings (SSSR count). The second-order valence-corrected chi connectivity index (χ2v) is 5.37. The number of benzene rings is 1. The molecule has 2 aromatic heterocycles. The van der Waals surface area contributed by atoms with Gasteiger partial charge in [0.15, 0.2) is 5.82 Å². The summed E-state index contributed by atoms with van der Waals surface area (Å²) in [5.74, 6) is 0.931. The molecule has 8 heteroatoms. The van der Waals surface area contributed by atoms with E-state index in [4.69, 9.17) is 4.52 Å². The zero-order valence-corrected chi connectivity index (χ0v) is 13.6. The van der Waals surface area contributed by atoms with E-state index >= 15 is 0 Å². The second kappa shape index (κ2) is 7.03. The number of aromatic nitrogens is 5. The Morgan fingerprint density at radius 3 is 2.92 bits per heavy atom. The first-order valence-electron chi connectivity index (χ1n) is 7.70. The van der Waals surface area contributed by atoms with Gasteiger partial charge in [-0.1, -0.05) is 24.2 Å². The fourth-order valence-electron chi connectivity index (χ4n) is 2.35. The quantitative estimate of drug-likeness (QED) is 0.687. The number of nitrogens with zero attached hydrogens (tertiary/aromatic N) is 6. The van der Waals surface area contributed by atoms with Gasteiger partial charge in [-0.2, -0.15) is 10.1 Å². The molecule has 3 aromatic rings. The highest BCUT2D eigenvalue weighted by Crippen LogP contribution is 2.16. The number of hydrogen-bond acceptors (Lipinski definition) is 6. The van der Waals surface area contributed by atoms with Gasteiger partial charge < -0.3 is 9.42 Å². The van der Waals surface area contributed by atoms with Crippen LogP contribution in [0.15, 0.2) is 41.4 Å². The lowest BCUT2D eigenvalue weighted by molar-refractivity contribution is 0.0769. The first-order valence-corrected chi connectivity index (χ1v) is 7.70. The topological polar surface area (TPSA) is 89.9 Å². The van der Waals surface area contributed by atoms with Crippen molar-refractivity contribution in [3.05, 3.63) is 54.2 Å². The molecular weight excluding hydrogens is 308 g/mol. The van der Waals surface area contributed by atoms with E-state index in [1.807, 2.05) is 25.1 Å². The van der Waals surface area contributed by atoms with E-state index in [9.17, 15) is 4.79 Å². The Bertz CT molecular complexity index is 812. The maximum atomic E-state index is 12.8. The molecule has 2 heterocycles. The van der Waals surface area contributed by atoms with E-state index in [1.165, 1.54) is 6.33 Å². The van der Waals surface area contributed by atoms with Gasteiger partial charge >= 0.3 is 0 Å². The van der Waals surface area contributed by atoms with Crippen LogP contribution in [0.1, 0.15) is 35.4 Å². The van der Waals surface area contributed by atoms with Crippen molar-refractivity contribution in [3.8, 4) is 5.69 Å². The Kier molecular flexibility index (Phi) is 4.64. The van der Waals surface area contributed by atoms with Gasteiger partial charge in [-0.15, -0.1) is 0 Å². The van der Waals surface area contributed by atoms with Crippen molar-refractivity contribution in [1.29, 1.82) is 0 Å². The summed E-state index contributed by atoms with van der Waals surface area (Å²) < 4.78 is 6.76. The molecular formula is C16H18N6O2. The molecule has 0 radical (unpaired) electrons. The Balaban J connectivity index is 1.78. The number of hydrogen-bond donors (Lipinski definition) is 0. The second-order valence-electron chi connectivity index (χ2n) is 5.37. The zero-order valence-electron chi connectivity index (χ0n) is 13.6. The summed E-state index contributed by atoms with van der Waals surface area (Å²) in [6, 6.07) is 7.24. The lowest BCUT2D eigenvalue weighted by Crippen LogP contribution is -2.27. The van der Waals surface area contributed by atoms with Crippen molar-refractivity contribution >= 4 is 5.91 Å². The Hall–Kier alpha value is -3.03. The number of carbonyl (C=O) groups excluding carboxylic acids is 1. The van der Waals surface area contributed by atoms with Crippen LogP contribution in [0.5, 0.6) is 0 Å². The lowest BCUT2D eigenvalue weighted by Gasteiger charge is -2.17. The molecule has 0 fully saturated rings. The van der Waals surface area contributed by atoms with E-state index in [1.54, 1.807) is 29.0 Å². The van der Waals surface area contributed by atoms with E-state index in [2.05, 4.69) is 20.2 Å². The molecule has 0 bridgehead atoms. The molecule has 0 aliphatic heterocycles. The van der Waals surface area contributed by atoms with Crippen LogP contribution in [-0.2, 0) is 13.0 Å². The van der Waals surface area contributed by atoms with Crippen LogP contribution < -0.4 is 0 Å². The highest BCUT2D eigenvalue weighted by Gasteiger charge is 2.19. The van der Waals surface area contributed by atoms with E-state index in [0.29, 0.717) is 23.0 Å². The predicted molar refractivity (Wildman–Crippen MR) is 85.4 cm³/mol. The van der Waals surface area contributed by atoms with E-state index in [-0.39, 0.29) is 12.5 Å². The van der Waals surface area contributed by atoms with E-state index in [0.717, 1.165) is 12.8 Å². The molecule has 0 saturated heterocycles. The minimum Gasteiger partial charge on any atom is -0.337 e. The van der Waals surface area contributed by atoms with Crippen LogP contribution in [0.4, 0.5) is 0 Å². The first kappa shape index (κ1) is 15.9. The number of carbonyl (C=O) groups is 1. The first-order chi connectivity index (χ1) is 11.7. The van der Waals surface area contributed by atoms with Crippen molar-refractivity contribution in [2.75, 3.05) is 7.05 Å². The van der Waals surface area contributed by atoms with Gasteiger partial charge in [0.1, 0.15) is 12.7 Å². The average molecular weight is 326 g/mol. The van der Waals surface area contributed by atoms with Crippen LogP contribution in [0.25, 0.3) is 5.69 Å². The van der Waals surface area contributed by atoms with Crippen LogP contribution in [-0.4, -0.2) is 42.8 Å². The summed E-state index contributed by atoms with van der Waals surface area (Å²) >= 11 is 0. The molecule has 0 N–H and O–H groups in total. The van der Waals surface area contributed by atoms with Crippen LogP contribution in [0, 0.1) is 0 Å². The van der Waals surface area contributed by atoms with Gasteiger partial charge in [-0.3, -0.25) is 4.79 Å². The van der Waals surface area contributed by atoms with Gasteiger partial charge in [-0.25, -0.2) is 9.67 Å². The van der Waals surface area contributed by atoms with Crippen molar-refractivity contribution in [1.82, 2.24) is 29.8 Å². The smallest absolute Gasteiger partial charge is 0.256 e. The van der Waals surface area contributed by atoms with Gasteiger partial charge in [0.2, 0.25) is 5.89 Å². The largest absolute Gasteiger partial charge is 0.337 e. The third-order valence-corrected chi connectivity index (χ3v) is 3.50. The van der Waals surface area contributed by atoms with Crippen LogP contribution in [0.3, 0.4) is 0 Å². The molecule has 0 aliphatic rings. The standard InChI is InChI=1S/C16H18N6O2/c1-3-6-14-19-15(24-20-14)9-21(2)16(23)12-7-4-5-8-13(12)22-11-17-10-18-22/h4-5,7-8,10-11H,3,6,9H2,1-2H3. The Morgan fingerprint density at radius 2 is 2.17 bits per heavy atom. The molecule has 0 spiro atoms. The third-order valence-electron chi connectivity index (χ3n) is 3.50. The maximum absolute atomic E-state index is 12.8. The lowest BCUT2D eigenvalue weighted by atomic mass is 10.1. The number of aryl methyl sites for hydroxylation is 1. The summed E-state index contributed by atoms with van der Waals surface area (Å²) in [6.45, 7) is 2.30. The summed E-state index contributed by atoms with van der Waals surface area (Å²) in [5.41, 5.74) is 1.20. The SMILES string of the molecule is CCCc1noc(CN(C)C(=O)c2ccccc2-n2cncn2)n1. The third kappa shape index (κ3) is 3.32. The molecule has 124 valence electrons. The molecule has 1 aromatic carbocycles. The van der Waals surface area contributed by atoms with E-state index < -0.39 is 0 Å². The van der Waals surface area contributed by atoms with Crippen molar-refractivity contribution in [2.45, 2.75) is 26.3 Å². The molecule has 8 nitrogen and oxygen atoms in total. The van der Waals surface area contributed by atoms with Crippen LogP contribution >= 0.6 is 0 Å². The fourth-order valence-corrected chi connectivity index (χ4v) is 2.35. The minimum atomic E-state index is -0.156. The monoisotopic (exact) mass is 326 g/mol. The highest BCUT2D eigenvalue weighted by atomic mass is 16.5. The molecule has 24 heavy (non-hydrogen) atoms. The van der Waals surface area contributed by atoms with Gasteiger partial charge in [0.25, 0.3) is 5.91 Å². The van der Waals surface area contributed by atoms with Gasteiger partial charge in [0.05, 0.1) is 17.8 Å². The molecule has 1 amide bonds. The average Bonchev–Trinajstić information content (AvgIpc) is 3.26. The van der Waals surface area contributed by atoms with Gasteiger partial charge in [-0.05, 0) is 18.6 Å². The van der Waals surface area contributed by atoms with Gasteiger partial charge in [0, 0.05) is 13.5 Å². The Labute approximate surface area is 139 Å². The zero-order chi connectivity index (χ0) is 16.9. The highest BCUT2D eigenvalue weighted by molar-refractivity contribution is 5.97. The maximum Gasteiger partial charge on any atom is 0.256 e. The molecule has 0 saturated carbocycles. The number of rotatable bonds is 6.